The highest BCUT2D eigenvalue weighted by atomic mass is 19.1. The number of nitrogens with one attached hydrogen (secondary N) is 1. The number of halogens is 1. The van der Waals surface area contributed by atoms with Crippen LogP contribution in [0.1, 0.15) is 16.8 Å². The molecular formula is C16H17FN2O4. The summed E-state index contributed by atoms with van der Waals surface area (Å²) < 4.78 is 13.3. The molecule has 1 aliphatic heterocycles. The number of benzene rings is 1. The second kappa shape index (κ2) is 6.10. The largest absolute Gasteiger partial charge is 0.396 e. The van der Waals surface area contributed by atoms with Crippen molar-refractivity contribution in [2.75, 3.05) is 19.7 Å². The molecule has 1 aromatic heterocycles. The number of likely N-dealkylation sites (tertiary alicyclic amines) is 1. The quantitative estimate of drug-likeness (QED) is 0.750. The summed E-state index contributed by atoms with van der Waals surface area (Å²) in [5.74, 6) is -1.14. The summed E-state index contributed by atoms with van der Waals surface area (Å²) in [7, 11) is 0. The number of β-amino-alcohol motifs (C(OH)–C–C–N with tert-alkyl or cyclic N) is 1. The van der Waals surface area contributed by atoms with Gasteiger partial charge in [-0.1, -0.05) is 0 Å². The number of carbonyl (C=O) groups excluding carboxylic acids is 1. The van der Waals surface area contributed by atoms with Gasteiger partial charge in [-0.3, -0.25) is 9.59 Å². The van der Waals surface area contributed by atoms with Crippen LogP contribution in [0.25, 0.3) is 10.9 Å². The summed E-state index contributed by atoms with van der Waals surface area (Å²) in [4.78, 5) is 28.4. The molecule has 6 nitrogen and oxygen atoms in total. The fourth-order valence-electron chi connectivity index (χ4n) is 2.96. The van der Waals surface area contributed by atoms with E-state index in [1.54, 1.807) is 0 Å². The van der Waals surface area contributed by atoms with Crippen LogP contribution < -0.4 is 5.56 Å². The second-order valence-electron chi connectivity index (χ2n) is 5.79. The zero-order chi connectivity index (χ0) is 16.6. The Balaban J connectivity index is 1.97. The van der Waals surface area contributed by atoms with E-state index >= 15 is 0 Å². The average Bonchev–Trinajstić information content (AvgIpc) is 2.52. The monoisotopic (exact) mass is 320 g/mol. The Morgan fingerprint density at radius 1 is 1.39 bits per heavy atom. The number of piperidine rings is 1. The number of hydrogen-bond donors (Lipinski definition) is 3. The molecule has 1 saturated heterocycles. The number of aromatic nitrogens is 1. The number of aromatic amines is 1. The van der Waals surface area contributed by atoms with Crippen molar-refractivity contribution in [1.82, 2.24) is 9.88 Å². The molecule has 1 aliphatic rings. The summed E-state index contributed by atoms with van der Waals surface area (Å²) in [6.07, 6.45) is -0.317. The molecule has 7 heteroatoms. The van der Waals surface area contributed by atoms with Gasteiger partial charge in [-0.25, -0.2) is 4.39 Å². The number of hydrogen-bond acceptors (Lipinski definition) is 4. The SMILES string of the molecule is O=C(c1cc(=O)[nH]c2cc(F)ccc12)N1CCC(CO)C(O)C1. The third-order valence-corrected chi connectivity index (χ3v) is 4.28. The normalized spacial score (nSPS) is 21.6. The number of rotatable bonds is 2. The minimum Gasteiger partial charge on any atom is -0.396 e. The molecular weight excluding hydrogens is 303 g/mol. The van der Waals surface area contributed by atoms with Crippen LogP contribution in [0, 0.1) is 11.7 Å². The molecule has 1 fully saturated rings. The summed E-state index contributed by atoms with van der Waals surface area (Å²) in [6, 6.07) is 5.03. The molecule has 2 unspecified atom stereocenters. The van der Waals surface area contributed by atoms with E-state index in [-0.39, 0.29) is 36.1 Å². The highest BCUT2D eigenvalue weighted by Crippen LogP contribution is 2.22. The second-order valence-corrected chi connectivity index (χ2v) is 5.79. The van der Waals surface area contributed by atoms with Crippen molar-refractivity contribution in [3.05, 3.63) is 46.0 Å². The Morgan fingerprint density at radius 2 is 2.17 bits per heavy atom. The van der Waals surface area contributed by atoms with Crippen LogP contribution in [0.3, 0.4) is 0 Å². The van der Waals surface area contributed by atoms with E-state index in [4.69, 9.17) is 5.11 Å². The molecule has 0 saturated carbocycles. The molecule has 1 amide bonds. The van der Waals surface area contributed by atoms with E-state index in [9.17, 15) is 19.1 Å². The minimum atomic E-state index is -0.802. The van der Waals surface area contributed by atoms with E-state index < -0.39 is 17.5 Å². The predicted octanol–water partition coefficient (Wildman–Crippen LogP) is 0.482. The fraction of sp³-hybridized carbons (Fsp3) is 0.375. The zero-order valence-electron chi connectivity index (χ0n) is 12.3. The molecule has 23 heavy (non-hydrogen) atoms. The van der Waals surface area contributed by atoms with Crippen LogP contribution >= 0.6 is 0 Å². The first-order chi connectivity index (χ1) is 11.0. The van der Waals surface area contributed by atoms with Crippen molar-refractivity contribution in [3.8, 4) is 0 Å². The van der Waals surface area contributed by atoms with Crippen molar-refractivity contribution < 1.29 is 19.4 Å². The van der Waals surface area contributed by atoms with Crippen LogP contribution in [0.15, 0.2) is 29.1 Å². The van der Waals surface area contributed by atoms with Crippen LogP contribution in [-0.2, 0) is 0 Å². The highest BCUT2D eigenvalue weighted by Gasteiger charge is 2.30. The highest BCUT2D eigenvalue weighted by molar-refractivity contribution is 6.06. The summed E-state index contributed by atoms with van der Waals surface area (Å²) in [5, 5.41) is 19.6. The van der Waals surface area contributed by atoms with Gasteiger partial charge in [-0.2, -0.15) is 0 Å². The van der Waals surface area contributed by atoms with E-state index in [0.29, 0.717) is 18.4 Å². The van der Waals surface area contributed by atoms with Gasteiger partial charge in [0.2, 0.25) is 5.56 Å². The fourth-order valence-corrected chi connectivity index (χ4v) is 2.96. The van der Waals surface area contributed by atoms with Gasteiger partial charge in [0, 0.05) is 37.1 Å². The molecule has 0 spiro atoms. The van der Waals surface area contributed by atoms with Crippen LogP contribution in [0.2, 0.25) is 0 Å². The van der Waals surface area contributed by atoms with Crippen LogP contribution in [-0.4, -0.2) is 51.8 Å². The number of H-pyrrole nitrogens is 1. The number of carbonyl (C=O) groups is 1. The molecule has 2 heterocycles. The maximum atomic E-state index is 13.3. The van der Waals surface area contributed by atoms with Crippen LogP contribution in [0.4, 0.5) is 4.39 Å². The van der Waals surface area contributed by atoms with Gasteiger partial charge in [-0.05, 0) is 24.6 Å². The molecule has 3 rings (SSSR count). The van der Waals surface area contributed by atoms with Crippen molar-refractivity contribution in [2.45, 2.75) is 12.5 Å². The number of aliphatic hydroxyl groups is 2. The Hall–Kier alpha value is -2.25. The van der Waals surface area contributed by atoms with Gasteiger partial charge >= 0.3 is 0 Å². The lowest BCUT2D eigenvalue weighted by Gasteiger charge is -2.35. The van der Waals surface area contributed by atoms with Crippen molar-refractivity contribution in [2.24, 2.45) is 5.92 Å². The Labute approximate surface area is 131 Å². The van der Waals surface area contributed by atoms with E-state index in [0.717, 1.165) is 0 Å². The summed E-state index contributed by atoms with van der Waals surface area (Å²) >= 11 is 0. The number of pyridine rings is 1. The molecule has 0 radical (unpaired) electrons. The Kier molecular flexibility index (Phi) is 4.14. The van der Waals surface area contributed by atoms with Gasteiger partial charge < -0.3 is 20.1 Å². The Morgan fingerprint density at radius 3 is 2.87 bits per heavy atom. The number of aliphatic hydroxyl groups excluding tert-OH is 2. The van der Waals surface area contributed by atoms with E-state index in [1.165, 1.54) is 29.2 Å². The molecule has 1 aromatic carbocycles. The maximum absolute atomic E-state index is 13.3. The van der Waals surface area contributed by atoms with Crippen molar-refractivity contribution in [3.63, 3.8) is 0 Å². The lowest BCUT2D eigenvalue weighted by molar-refractivity contribution is 0.000945. The molecule has 3 N–H and O–H groups in total. The molecule has 0 aliphatic carbocycles. The first-order valence-electron chi connectivity index (χ1n) is 7.40. The molecule has 2 aromatic rings. The van der Waals surface area contributed by atoms with Crippen molar-refractivity contribution >= 4 is 16.8 Å². The summed E-state index contributed by atoms with van der Waals surface area (Å²) in [5.41, 5.74) is -0.0534. The third kappa shape index (κ3) is 2.97. The van der Waals surface area contributed by atoms with Gasteiger partial charge in [0.15, 0.2) is 0 Å². The van der Waals surface area contributed by atoms with Gasteiger partial charge in [0.1, 0.15) is 5.82 Å². The predicted molar refractivity (Wildman–Crippen MR) is 81.6 cm³/mol. The van der Waals surface area contributed by atoms with Gasteiger partial charge in [0.05, 0.1) is 17.2 Å². The number of amides is 1. The van der Waals surface area contributed by atoms with Gasteiger partial charge in [0.25, 0.3) is 5.91 Å². The van der Waals surface area contributed by atoms with Crippen LogP contribution in [0.5, 0.6) is 0 Å². The number of fused-ring (bicyclic) bond motifs is 1. The van der Waals surface area contributed by atoms with Gasteiger partial charge in [-0.15, -0.1) is 0 Å². The Bertz CT molecular complexity index is 804. The average molecular weight is 320 g/mol. The lowest BCUT2D eigenvalue weighted by Crippen LogP contribution is -2.47. The molecule has 0 bridgehead atoms. The first kappa shape index (κ1) is 15.6. The lowest BCUT2D eigenvalue weighted by atomic mass is 9.94. The van der Waals surface area contributed by atoms with E-state index in [1.807, 2.05) is 0 Å². The number of nitrogens with zero attached hydrogens (tertiary/aromatic N) is 1. The van der Waals surface area contributed by atoms with Crippen molar-refractivity contribution in [1.29, 1.82) is 0 Å². The summed E-state index contributed by atoms with van der Waals surface area (Å²) in [6.45, 7) is 0.354. The standard InChI is InChI=1S/C16H17FN2O4/c17-10-1-2-11-12(6-15(22)18-13(11)5-10)16(23)19-4-3-9(8-20)14(21)7-19/h1-2,5-6,9,14,20-21H,3-4,7-8H2,(H,18,22). The smallest absolute Gasteiger partial charge is 0.254 e. The first-order valence-corrected chi connectivity index (χ1v) is 7.40. The zero-order valence-corrected chi connectivity index (χ0v) is 12.3. The molecule has 2 atom stereocenters. The molecule has 122 valence electrons. The van der Waals surface area contributed by atoms with E-state index in [2.05, 4.69) is 4.98 Å². The third-order valence-electron chi connectivity index (χ3n) is 4.28. The maximum Gasteiger partial charge on any atom is 0.254 e. The topological polar surface area (TPSA) is 93.6 Å². The minimum absolute atomic E-state index is 0.0968.